The van der Waals surface area contributed by atoms with Gasteiger partial charge in [0.1, 0.15) is 89.6 Å². The molecule has 3 aliphatic rings. The van der Waals surface area contributed by atoms with Gasteiger partial charge in [-0.3, -0.25) is 4.79 Å². The Morgan fingerprint density at radius 2 is 1.27 bits per heavy atom. The van der Waals surface area contributed by atoms with Gasteiger partial charge in [0.2, 0.25) is 23.8 Å². The van der Waals surface area contributed by atoms with Crippen molar-refractivity contribution in [2.75, 3.05) is 20.3 Å². The number of aliphatic hydroxyl groups excluding tert-OH is 10. The maximum absolute atomic E-state index is 14.2. The van der Waals surface area contributed by atoms with Crippen LogP contribution >= 0.6 is 0 Å². The fraction of sp³-hybridized carbons (Fsp3) is 0.559. The molecule has 55 heavy (non-hydrogen) atoms. The topological polar surface area (TPSA) is 338 Å². The van der Waals surface area contributed by atoms with Gasteiger partial charge in [-0.2, -0.15) is 0 Å². The average Bonchev–Trinajstić information content (AvgIpc) is 3.16. The van der Waals surface area contributed by atoms with E-state index < -0.39 is 133 Å². The maximum Gasteiger partial charge on any atom is 0.239 e. The monoisotopic (exact) mass is 786 g/mol. The van der Waals surface area contributed by atoms with E-state index >= 15 is 0 Å². The molecule has 21 nitrogen and oxygen atoms in total. The molecule has 15 atom stereocenters. The Morgan fingerprint density at radius 3 is 1.93 bits per heavy atom. The molecule has 0 radical (unpaired) electrons. The maximum atomic E-state index is 14.2. The van der Waals surface area contributed by atoms with E-state index in [4.69, 9.17) is 37.6 Å². The second-order valence-corrected chi connectivity index (χ2v) is 13.3. The highest BCUT2D eigenvalue weighted by Crippen LogP contribution is 2.40. The molecule has 3 aromatic rings. The highest BCUT2D eigenvalue weighted by atomic mass is 16.7. The van der Waals surface area contributed by atoms with Gasteiger partial charge in [-0.15, -0.1) is 0 Å². The van der Waals surface area contributed by atoms with Crippen molar-refractivity contribution in [3.8, 4) is 40.1 Å². The first-order valence-electron chi connectivity index (χ1n) is 16.9. The smallest absolute Gasteiger partial charge is 0.239 e. The molecule has 0 amide bonds. The summed E-state index contributed by atoms with van der Waals surface area (Å²) < 4.78 is 44.6. The molecule has 0 aliphatic carbocycles. The standard InChI is InChI=1S/C34H42O21/c1-10-20(38)24(42)27(45)32(50-10)49-9-18-22(40)26(44)29(47)34(54-18)55-31-23(41)19-14(37)6-12(51-33-28(46)25(43)21(39)17(8-35)53-33)7-16(19)52-30(31)11-3-4-13(36)15(5-11)48-2/h3-7,10,17-18,20-22,24-29,32-40,42-47H,8-9H2,1-2H3/t10?,17?,18?,20-,21+,22+,24-,25-,26?,27?,28?,29?,32+,33+,34-/m0/s1. The van der Waals surface area contributed by atoms with E-state index in [1.165, 1.54) is 32.2 Å². The van der Waals surface area contributed by atoms with Crippen LogP contribution < -0.4 is 19.6 Å². The molecule has 4 heterocycles. The number of ether oxygens (including phenoxy) is 7. The van der Waals surface area contributed by atoms with E-state index in [0.717, 1.165) is 12.1 Å². The first-order chi connectivity index (χ1) is 26.1. The summed E-state index contributed by atoms with van der Waals surface area (Å²) in [7, 11) is 1.25. The van der Waals surface area contributed by atoms with Gasteiger partial charge in [-0.1, -0.05) is 0 Å². The van der Waals surface area contributed by atoms with Gasteiger partial charge < -0.3 is 98.9 Å². The van der Waals surface area contributed by atoms with Gasteiger partial charge in [0.05, 0.1) is 26.4 Å². The molecule has 1 aromatic heterocycles. The summed E-state index contributed by atoms with van der Waals surface area (Å²) in [6, 6.07) is 5.75. The van der Waals surface area contributed by atoms with E-state index in [9.17, 15) is 66.1 Å². The van der Waals surface area contributed by atoms with Crippen molar-refractivity contribution in [1.82, 2.24) is 0 Å². The number of methoxy groups -OCH3 is 1. The van der Waals surface area contributed by atoms with Crippen LogP contribution in [0, 0.1) is 0 Å². The zero-order valence-corrected chi connectivity index (χ0v) is 29.0. The number of fused-ring (bicyclic) bond motifs is 1. The number of hydrogen-bond acceptors (Lipinski definition) is 21. The molecule has 0 saturated carbocycles. The van der Waals surface area contributed by atoms with E-state index in [1.54, 1.807) is 0 Å². The Balaban J connectivity index is 1.35. The summed E-state index contributed by atoms with van der Waals surface area (Å²) in [6.07, 6.45) is -24.9. The highest BCUT2D eigenvalue weighted by Gasteiger charge is 2.48. The van der Waals surface area contributed by atoms with Gasteiger partial charge in [0, 0.05) is 17.7 Å². The Kier molecular flexibility index (Phi) is 12.1. The van der Waals surface area contributed by atoms with Gasteiger partial charge in [0.15, 0.2) is 23.5 Å². The zero-order valence-electron chi connectivity index (χ0n) is 29.0. The lowest BCUT2D eigenvalue weighted by atomic mass is 9.98. The quantitative estimate of drug-likeness (QED) is 0.0934. The van der Waals surface area contributed by atoms with Gasteiger partial charge in [-0.05, 0) is 25.1 Å². The zero-order chi connectivity index (χ0) is 40.0. The molecule has 3 aliphatic heterocycles. The number of phenolic OH excluding ortho intramolecular Hbond substituents is 2. The third kappa shape index (κ3) is 7.77. The van der Waals surface area contributed by atoms with Crippen molar-refractivity contribution in [1.29, 1.82) is 0 Å². The van der Waals surface area contributed by atoms with E-state index in [2.05, 4.69) is 0 Å². The molecule has 3 fully saturated rings. The lowest BCUT2D eigenvalue weighted by molar-refractivity contribution is -0.318. The predicted octanol–water partition coefficient (Wildman–Crippen LogP) is -3.91. The summed E-state index contributed by atoms with van der Waals surface area (Å²) >= 11 is 0. The number of phenols is 2. The minimum absolute atomic E-state index is 0.0208. The molecule has 6 rings (SSSR count). The van der Waals surface area contributed by atoms with Crippen LogP contribution in [0.15, 0.2) is 39.5 Å². The van der Waals surface area contributed by atoms with Crippen LogP contribution in [0.4, 0.5) is 0 Å². The highest BCUT2D eigenvalue weighted by molar-refractivity contribution is 5.88. The number of benzene rings is 2. The molecule has 12 N–H and O–H groups in total. The molecule has 2 aromatic carbocycles. The van der Waals surface area contributed by atoms with Crippen LogP contribution in [0.2, 0.25) is 0 Å². The normalized spacial score (nSPS) is 36.8. The molecular formula is C34H42O21. The van der Waals surface area contributed by atoms with Crippen LogP contribution in [0.25, 0.3) is 22.3 Å². The van der Waals surface area contributed by atoms with E-state index in [0.29, 0.717) is 0 Å². The van der Waals surface area contributed by atoms with Crippen molar-refractivity contribution in [2.24, 2.45) is 0 Å². The van der Waals surface area contributed by atoms with Crippen molar-refractivity contribution in [3.63, 3.8) is 0 Å². The molecule has 21 heteroatoms. The Hall–Kier alpha value is -3.91. The third-order valence-corrected chi connectivity index (χ3v) is 9.58. The van der Waals surface area contributed by atoms with Crippen molar-refractivity contribution in [3.05, 3.63) is 40.6 Å². The molecule has 7 unspecified atom stereocenters. The summed E-state index contributed by atoms with van der Waals surface area (Å²) in [4.78, 5) is 14.2. The van der Waals surface area contributed by atoms with Crippen molar-refractivity contribution < 1.29 is 98.9 Å². The molecule has 0 spiro atoms. The number of hydrogen-bond donors (Lipinski definition) is 12. The first-order valence-corrected chi connectivity index (χ1v) is 16.9. The van der Waals surface area contributed by atoms with Crippen LogP contribution in [0.1, 0.15) is 6.92 Å². The van der Waals surface area contributed by atoms with Gasteiger partial charge in [0.25, 0.3) is 0 Å². The lowest BCUT2D eigenvalue weighted by Gasteiger charge is -2.42. The molecule has 304 valence electrons. The van der Waals surface area contributed by atoms with Crippen LogP contribution in [0.3, 0.4) is 0 Å². The Bertz CT molecular complexity index is 1870. The van der Waals surface area contributed by atoms with Gasteiger partial charge in [-0.25, -0.2) is 0 Å². The van der Waals surface area contributed by atoms with Gasteiger partial charge >= 0.3 is 0 Å². The SMILES string of the molecule is COc1cc(-c2oc3cc(O[C@@H]4OC(CO)[C@@H](O)[C@H](O)C4O)cc(O)c3c(=O)c2O[C@@H]2OC(CO[C@@H]3OC(C)[C@H](O)[C@H](O)C3O)[C@@H](O)C(O)C2O)ccc1O. The average molecular weight is 787 g/mol. The molecule has 3 saturated heterocycles. The van der Waals surface area contributed by atoms with Crippen LogP contribution in [0.5, 0.6) is 28.7 Å². The first kappa shape index (κ1) is 40.7. The molecule has 0 bridgehead atoms. The summed E-state index contributed by atoms with van der Waals surface area (Å²) in [6.45, 7) is 0.0170. The Labute approximate surface area is 309 Å². The lowest BCUT2D eigenvalue weighted by Crippen LogP contribution is -2.61. The second kappa shape index (κ2) is 16.3. The largest absolute Gasteiger partial charge is 0.507 e. The fourth-order valence-electron chi connectivity index (χ4n) is 6.35. The second-order valence-electron chi connectivity index (χ2n) is 13.3. The fourth-order valence-corrected chi connectivity index (χ4v) is 6.35. The summed E-state index contributed by atoms with van der Waals surface area (Å²) in [5.74, 6) is -2.58. The van der Waals surface area contributed by atoms with Crippen LogP contribution in [-0.2, 0) is 18.9 Å². The molecular weight excluding hydrogens is 744 g/mol. The minimum Gasteiger partial charge on any atom is -0.507 e. The predicted molar refractivity (Wildman–Crippen MR) is 178 cm³/mol. The minimum atomic E-state index is -2.03. The van der Waals surface area contributed by atoms with Crippen LogP contribution in [-0.4, -0.2) is 174 Å². The summed E-state index contributed by atoms with van der Waals surface area (Å²) in [5, 5.41) is 124. The summed E-state index contributed by atoms with van der Waals surface area (Å²) in [5.41, 5.74) is -1.42. The number of aromatic hydroxyl groups is 2. The number of aliphatic hydroxyl groups is 10. The van der Waals surface area contributed by atoms with E-state index in [-0.39, 0.29) is 28.4 Å². The van der Waals surface area contributed by atoms with E-state index in [1.807, 2.05) is 0 Å². The number of rotatable bonds is 10. The van der Waals surface area contributed by atoms with Crippen molar-refractivity contribution >= 4 is 11.0 Å². The Morgan fingerprint density at radius 1 is 0.673 bits per heavy atom. The van der Waals surface area contributed by atoms with Crippen molar-refractivity contribution in [2.45, 2.75) is 99.0 Å². The third-order valence-electron chi connectivity index (χ3n) is 9.58.